The topological polar surface area (TPSA) is 109 Å². The fourth-order valence-electron chi connectivity index (χ4n) is 3.53. The van der Waals surface area contributed by atoms with Gasteiger partial charge in [-0.3, -0.25) is 14.9 Å². The molecule has 3 aromatic rings. The lowest BCUT2D eigenvalue weighted by atomic mass is 9.97. The molecule has 9 nitrogen and oxygen atoms in total. The summed E-state index contributed by atoms with van der Waals surface area (Å²) in [5.74, 6) is 1.73. The van der Waals surface area contributed by atoms with Crippen LogP contribution in [-0.2, 0) is 4.79 Å². The predicted octanol–water partition coefficient (Wildman–Crippen LogP) is 4.55. The van der Waals surface area contributed by atoms with Gasteiger partial charge in [-0.15, -0.1) is 0 Å². The first-order valence-electron chi connectivity index (χ1n) is 10.6. The number of non-ortho nitro benzene ring substituents is 1. The summed E-state index contributed by atoms with van der Waals surface area (Å²) in [6, 6.07) is 16.2. The van der Waals surface area contributed by atoms with E-state index in [1.54, 1.807) is 50.6 Å². The van der Waals surface area contributed by atoms with Crippen molar-refractivity contribution in [1.29, 1.82) is 0 Å². The molecule has 0 aliphatic rings. The van der Waals surface area contributed by atoms with Crippen LogP contribution in [0, 0.1) is 10.1 Å². The van der Waals surface area contributed by atoms with Crippen LogP contribution < -0.4 is 24.3 Å². The van der Waals surface area contributed by atoms with Crippen LogP contribution in [0.15, 0.2) is 66.7 Å². The zero-order chi connectivity index (χ0) is 25.4. The van der Waals surface area contributed by atoms with Crippen LogP contribution in [0.5, 0.6) is 23.0 Å². The lowest BCUT2D eigenvalue weighted by Gasteiger charge is -2.21. The van der Waals surface area contributed by atoms with Crippen LogP contribution >= 0.6 is 0 Å². The number of benzene rings is 3. The lowest BCUT2D eigenvalue weighted by Crippen LogP contribution is -2.27. The van der Waals surface area contributed by atoms with E-state index < -0.39 is 16.9 Å². The molecule has 0 aromatic heterocycles. The fraction of sp³-hybridized carbons (Fsp3) is 0.192. The van der Waals surface area contributed by atoms with Gasteiger partial charge < -0.3 is 24.3 Å². The van der Waals surface area contributed by atoms with E-state index in [2.05, 4.69) is 5.32 Å². The molecule has 0 fully saturated rings. The third kappa shape index (κ3) is 6.08. The molecule has 0 radical (unpaired) electrons. The Kier molecular flexibility index (Phi) is 8.29. The van der Waals surface area contributed by atoms with Crippen molar-refractivity contribution in [2.45, 2.75) is 6.04 Å². The minimum absolute atomic E-state index is 0.0545. The zero-order valence-corrected chi connectivity index (χ0v) is 19.8. The number of nitrogens with one attached hydrogen (secondary N) is 1. The van der Waals surface area contributed by atoms with E-state index in [0.717, 1.165) is 11.1 Å². The number of carbonyl (C=O) groups excluding carboxylic acids is 1. The van der Waals surface area contributed by atoms with Gasteiger partial charge in [-0.1, -0.05) is 24.3 Å². The average molecular weight is 479 g/mol. The number of methoxy groups -OCH3 is 4. The molecule has 0 saturated heterocycles. The number of hydrogen-bond acceptors (Lipinski definition) is 7. The second-order valence-corrected chi connectivity index (χ2v) is 7.36. The van der Waals surface area contributed by atoms with Crippen LogP contribution in [0.1, 0.15) is 22.7 Å². The SMILES string of the molecule is COc1ccc(C(NC(=O)C=Cc2cccc([N+](=O)[O-])c2)c2ccc(OC)c(OC)c2)cc1OC. The minimum atomic E-state index is -0.572. The molecule has 0 saturated carbocycles. The van der Waals surface area contributed by atoms with Gasteiger partial charge in [0.05, 0.1) is 39.4 Å². The molecule has 0 bridgehead atoms. The molecule has 9 heteroatoms. The number of nitro benzene ring substituents is 1. The first kappa shape index (κ1) is 25.1. The Labute approximate surface area is 203 Å². The Morgan fingerprint density at radius 3 is 1.86 bits per heavy atom. The van der Waals surface area contributed by atoms with Crippen LogP contribution in [0.3, 0.4) is 0 Å². The highest BCUT2D eigenvalue weighted by Crippen LogP contribution is 2.35. The number of amides is 1. The Hall–Kier alpha value is -4.53. The van der Waals surface area contributed by atoms with Crippen LogP contribution in [-0.4, -0.2) is 39.3 Å². The smallest absolute Gasteiger partial charge is 0.270 e. The van der Waals surface area contributed by atoms with Crippen molar-refractivity contribution in [1.82, 2.24) is 5.32 Å². The third-order valence-electron chi connectivity index (χ3n) is 5.28. The van der Waals surface area contributed by atoms with E-state index in [1.807, 2.05) is 12.1 Å². The molecule has 0 aliphatic carbocycles. The molecule has 1 amide bonds. The Bertz CT molecular complexity index is 1180. The number of ether oxygens (including phenoxy) is 4. The first-order chi connectivity index (χ1) is 16.9. The van der Waals surface area contributed by atoms with Gasteiger partial charge in [0.15, 0.2) is 23.0 Å². The Morgan fingerprint density at radius 2 is 1.37 bits per heavy atom. The molecule has 3 rings (SSSR count). The number of rotatable bonds is 10. The van der Waals surface area contributed by atoms with Crippen LogP contribution in [0.2, 0.25) is 0 Å². The van der Waals surface area contributed by atoms with E-state index in [1.165, 1.54) is 38.5 Å². The molecule has 3 aromatic carbocycles. The van der Waals surface area contributed by atoms with Crippen LogP contribution in [0.25, 0.3) is 6.08 Å². The third-order valence-corrected chi connectivity index (χ3v) is 5.28. The van der Waals surface area contributed by atoms with Gasteiger partial charge in [0.25, 0.3) is 5.69 Å². The summed E-state index contributed by atoms with van der Waals surface area (Å²) in [5, 5.41) is 14.0. The van der Waals surface area contributed by atoms with Crippen molar-refractivity contribution in [2.75, 3.05) is 28.4 Å². The zero-order valence-electron chi connectivity index (χ0n) is 19.8. The second-order valence-electron chi connectivity index (χ2n) is 7.36. The number of nitro groups is 1. The van der Waals surface area contributed by atoms with Crippen molar-refractivity contribution in [2.24, 2.45) is 0 Å². The van der Waals surface area contributed by atoms with E-state index >= 15 is 0 Å². The highest BCUT2D eigenvalue weighted by atomic mass is 16.6. The van der Waals surface area contributed by atoms with Crippen molar-refractivity contribution < 1.29 is 28.7 Å². The molecular weight excluding hydrogens is 452 g/mol. The van der Waals surface area contributed by atoms with Gasteiger partial charge in [-0.2, -0.15) is 0 Å². The number of carbonyl (C=O) groups is 1. The maximum Gasteiger partial charge on any atom is 0.270 e. The van der Waals surface area contributed by atoms with E-state index in [4.69, 9.17) is 18.9 Å². The summed E-state index contributed by atoms with van der Waals surface area (Å²) in [7, 11) is 6.16. The fourth-order valence-corrected chi connectivity index (χ4v) is 3.53. The summed E-state index contributed by atoms with van der Waals surface area (Å²) in [4.78, 5) is 23.4. The number of nitrogens with zero attached hydrogens (tertiary/aromatic N) is 1. The van der Waals surface area contributed by atoms with E-state index in [0.29, 0.717) is 28.6 Å². The van der Waals surface area contributed by atoms with Gasteiger partial charge in [0.2, 0.25) is 5.91 Å². The standard InChI is InChI=1S/C26H26N2O7/c1-32-21-11-9-18(15-23(21)34-3)26(19-10-12-22(33-2)24(16-19)35-4)27-25(29)13-8-17-6-5-7-20(14-17)28(30)31/h5-16,26H,1-4H3,(H,27,29). The molecule has 1 N–H and O–H groups in total. The normalized spacial score (nSPS) is 10.8. The van der Waals surface area contributed by atoms with Crippen molar-refractivity contribution in [3.63, 3.8) is 0 Å². The monoisotopic (exact) mass is 478 g/mol. The van der Waals surface area contributed by atoms with Gasteiger partial charge in [0.1, 0.15) is 0 Å². The lowest BCUT2D eigenvalue weighted by molar-refractivity contribution is -0.384. The van der Waals surface area contributed by atoms with Gasteiger partial charge in [0, 0.05) is 18.2 Å². The summed E-state index contributed by atoms with van der Waals surface area (Å²) >= 11 is 0. The summed E-state index contributed by atoms with van der Waals surface area (Å²) in [6.07, 6.45) is 2.84. The van der Waals surface area contributed by atoms with Crippen LogP contribution in [0.4, 0.5) is 5.69 Å². The molecule has 0 spiro atoms. The van der Waals surface area contributed by atoms with Gasteiger partial charge >= 0.3 is 0 Å². The van der Waals surface area contributed by atoms with E-state index in [9.17, 15) is 14.9 Å². The largest absolute Gasteiger partial charge is 0.493 e. The molecule has 0 unspecified atom stereocenters. The summed E-state index contributed by atoms with van der Waals surface area (Å²) < 4.78 is 21.5. The quantitative estimate of drug-likeness (QED) is 0.259. The Balaban J connectivity index is 1.96. The molecule has 0 aliphatic heterocycles. The molecule has 0 atom stereocenters. The molecular formula is C26H26N2O7. The van der Waals surface area contributed by atoms with Crippen molar-refractivity contribution in [3.8, 4) is 23.0 Å². The highest BCUT2D eigenvalue weighted by molar-refractivity contribution is 5.92. The predicted molar refractivity (Wildman–Crippen MR) is 131 cm³/mol. The molecule has 35 heavy (non-hydrogen) atoms. The maximum atomic E-state index is 12.9. The van der Waals surface area contributed by atoms with Crippen molar-refractivity contribution >= 4 is 17.7 Å². The number of hydrogen-bond donors (Lipinski definition) is 1. The Morgan fingerprint density at radius 1 is 0.829 bits per heavy atom. The summed E-state index contributed by atoms with van der Waals surface area (Å²) in [5.41, 5.74) is 1.96. The molecule has 0 heterocycles. The van der Waals surface area contributed by atoms with E-state index in [-0.39, 0.29) is 5.69 Å². The van der Waals surface area contributed by atoms with Gasteiger partial charge in [-0.25, -0.2) is 0 Å². The van der Waals surface area contributed by atoms with Gasteiger partial charge in [-0.05, 0) is 47.0 Å². The first-order valence-corrected chi connectivity index (χ1v) is 10.6. The second kappa shape index (κ2) is 11.6. The molecule has 182 valence electrons. The highest BCUT2D eigenvalue weighted by Gasteiger charge is 2.20. The average Bonchev–Trinajstić information content (AvgIpc) is 2.89. The minimum Gasteiger partial charge on any atom is -0.493 e. The maximum absolute atomic E-state index is 12.9. The van der Waals surface area contributed by atoms with Crippen molar-refractivity contribution in [3.05, 3.63) is 93.5 Å². The summed E-state index contributed by atoms with van der Waals surface area (Å²) in [6.45, 7) is 0.